The number of nitro groups is 1. The van der Waals surface area contributed by atoms with Crippen LogP contribution in [0.4, 0.5) is 21.0 Å². The maximum Gasteiger partial charge on any atom is 0.306 e. The van der Waals surface area contributed by atoms with Gasteiger partial charge in [-0.25, -0.2) is 4.39 Å². The predicted molar refractivity (Wildman–Crippen MR) is 113 cm³/mol. The van der Waals surface area contributed by atoms with Crippen LogP contribution < -0.4 is 5.32 Å². The van der Waals surface area contributed by atoms with Gasteiger partial charge in [0.25, 0.3) is 0 Å². The fourth-order valence-corrected chi connectivity index (χ4v) is 3.88. The summed E-state index contributed by atoms with van der Waals surface area (Å²) in [5.41, 5.74) is 0.309. The zero-order chi connectivity index (χ0) is 22.0. The Morgan fingerprint density at radius 2 is 2.16 bits per heavy atom. The maximum absolute atomic E-state index is 14.0. The van der Waals surface area contributed by atoms with Crippen LogP contribution in [0.15, 0.2) is 42.9 Å². The molecule has 4 rings (SSSR count). The largest absolute Gasteiger partial charge is 0.313 e. The van der Waals surface area contributed by atoms with Gasteiger partial charge in [0.15, 0.2) is 5.82 Å². The van der Waals surface area contributed by atoms with E-state index < -0.39 is 4.92 Å². The number of anilines is 2. The summed E-state index contributed by atoms with van der Waals surface area (Å²) in [7, 11) is 0. The lowest BCUT2D eigenvalue weighted by Gasteiger charge is -2.06. The van der Waals surface area contributed by atoms with E-state index in [1.54, 1.807) is 29.1 Å². The lowest BCUT2D eigenvalue weighted by atomic mass is 10.2. The molecule has 0 saturated carbocycles. The molecule has 1 atom stereocenters. The minimum Gasteiger partial charge on any atom is -0.313 e. The fraction of sp³-hybridized carbons (Fsp3) is 0.222. The molecule has 0 saturated heterocycles. The van der Waals surface area contributed by atoms with Gasteiger partial charge in [-0.05, 0) is 12.1 Å². The van der Waals surface area contributed by atoms with Gasteiger partial charge in [0.05, 0.1) is 18.0 Å². The second kappa shape index (κ2) is 8.78. The van der Waals surface area contributed by atoms with E-state index in [0.717, 1.165) is 5.01 Å². The van der Waals surface area contributed by atoms with E-state index in [1.165, 1.54) is 34.5 Å². The van der Waals surface area contributed by atoms with E-state index in [4.69, 9.17) is 11.6 Å². The first kappa shape index (κ1) is 20.9. The van der Waals surface area contributed by atoms with E-state index in [1.807, 2.05) is 6.92 Å². The van der Waals surface area contributed by atoms with Crippen molar-refractivity contribution in [3.8, 4) is 0 Å². The molecule has 0 aliphatic heterocycles. The quantitative estimate of drug-likeness (QED) is 0.307. The molecule has 1 aromatic carbocycles. The van der Waals surface area contributed by atoms with E-state index in [-0.39, 0.29) is 24.0 Å². The summed E-state index contributed by atoms with van der Waals surface area (Å²) in [6, 6.07) is 6.28. The van der Waals surface area contributed by atoms with Gasteiger partial charge in [-0.15, -0.1) is 10.2 Å². The van der Waals surface area contributed by atoms with Crippen LogP contribution in [-0.4, -0.2) is 34.7 Å². The van der Waals surface area contributed by atoms with Crippen molar-refractivity contribution < 1.29 is 9.31 Å². The third kappa shape index (κ3) is 4.86. The van der Waals surface area contributed by atoms with Gasteiger partial charge in [-0.2, -0.15) is 10.2 Å². The standard InChI is InChI=1S/C18H16ClFN8O2S/c1-11(8-27-9-12(7-21-27)28(29)30)17-23-24-18(31-17)22-16-5-6-26(25-16)10-13-14(19)3-2-4-15(13)20/h2-7,9,11H,8,10H2,1H3,(H,22,24,25)/t11-/m0/s1. The first-order valence-electron chi connectivity index (χ1n) is 9.12. The smallest absolute Gasteiger partial charge is 0.306 e. The number of hydrogen-bond donors (Lipinski definition) is 1. The SMILES string of the molecule is C[C@@H](Cn1cc([N+](=O)[O-])cn1)c1nnc(Nc2ccn(Cc3c(F)cccc3Cl)n2)s1. The van der Waals surface area contributed by atoms with Crippen LogP contribution in [0.5, 0.6) is 0 Å². The maximum atomic E-state index is 14.0. The normalized spacial score (nSPS) is 12.1. The van der Waals surface area contributed by atoms with Crippen molar-refractivity contribution in [1.29, 1.82) is 0 Å². The van der Waals surface area contributed by atoms with Gasteiger partial charge in [-0.1, -0.05) is 35.9 Å². The molecular formula is C18H16ClFN8O2S. The van der Waals surface area contributed by atoms with Crippen molar-refractivity contribution in [3.05, 3.63) is 74.4 Å². The molecule has 0 spiro atoms. The molecule has 0 amide bonds. The van der Waals surface area contributed by atoms with Gasteiger partial charge in [0.1, 0.15) is 23.2 Å². The molecule has 0 unspecified atom stereocenters. The summed E-state index contributed by atoms with van der Waals surface area (Å²) < 4.78 is 17.0. The fourth-order valence-electron chi connectivity index (χ4n) is 2.86. The number of rotatable bonds is 8. The summed E-state index contributed by atoms with van der Waals surface area (Å²) in [6.07, 6.45) is 4.30. The van der Waals surface area contributed by atoms with Crippen molar-refractivity contribution in [2.45, 2.75) is 25.9 Å². The molecule has 0 bridgehead atoms. The van der Waals surface area contributed by atoms with Gasteiger partial charge in [-0.3, -0.25) is 19.5 Å². The van der Waals surface area contributed by atoms with Crippen molar-refractivity contribution in [2.75, 3.05) is 5.32 Å². The Balaban J connectivity index is 1.39. The van der Waals surface area contributed by atoms with Crippen LogP contribution in [0.25, 0.3) is 0 Å². The molecule has 0 fully saturated rings. The molecule has 0 aliphatic rings. The summed E-state index contributed by atoms with van der Waals surface area (Å²) in [5.74, 6) is 0.0987. The average Bonchev–Trinajstić information content (AvgIpc) is 3.46. The van der Waals surface area contributed by atoms with Gasteiger partial charge in [0.2, 0.25) is 5.13 Å². The molecule has 0 aliphatic carbocycles. The Kier molecular flexibility index (Phi) is 5.91. The Labute approximate surface area is 184 Å². The molecule has 3 heterocycles. The first-order chi connectivity index (χ1) is 14.9. The molecule has 160 valence electrons. The molecule has 31 heavy (non-hydrogen) atoms. The van der Waals surface area contributed by atoms with Crippen molar-refractivity contribution >= 4 is 39.6 Å². The van der Waals surface area contributed by atoms with Crippen LogP contribution in [-0.2, 0) is 13.1 Å². The van der Waals surface area contributed by atoms with Crippen molar-refractivity contribution in [3.63, 3.8) is 0 Å². The van der Waals surface area contributed by atoms with Crippen LogP contribution in [0.2, 0.25) is 5.02 Å². The van der Waals surface area contributed by atoms with Gasteiger partial charge < -0.3 is 5.32 Å². The Hall–Kier alpha value is -3.38. The molecule has 1 N–H and O–H groups in total. The minimum absolute atomic E-state index is 0.0479. The van der Waals surface area contributed by atoms with Crippen molar-refractivity contribution in [2.24, 2.45) is 0 Å². The minimum atomic E-state index is -0.486. The highest BCUT2D eigenvalue weighted by molar-refractivity contribution is 7.15. The molecule has 10 nitrogen and oxygen atoms in total. The number of nitrogens with one attached hydrogen (secondary N) is 1. The Bertz CT molecular complexity index is 1200. The summed E-state index contributed by atoms with van der Waals surface area (Å²) in [6.45, 7) is 2.56. The average molecular weight is 463 g/mol. The molecule has 0 radical (unpaired) electrons. The second-order valence-electron chi connectivity index (χ2n) is 6.75. The lowest BCUT2D eigenvalue weighted by molar-refractivity contribution is -0.385. The summed E-state index contributed by atoms with van der Waals surface area (Å²) in [5, 5.41) is 32.1. The van der Waals surface area contributed by atoms with Crippen LogP contribution >= 0.6 is 22.9 Å². The van der Waals surface area contributed by atoms with E-state index in [2.05, 4.69) is 25.7 Å². The zero-order valence-electron chi connectivity index (χ0n) is 16.1. The number of aromatic nitrogens is 6. The summed E-state index contributed by atoms with van der Waals surface area (Å²) >= 11 is 7.42. The molecule has 4 aromatic rings. The van der Waals surface area contributed by atoms with Crippen LogP contribution in [0.3, 0.4) is 0 Å². The number of benzene rings is 1. The van der Waals surface area contributed by atoms with Gasteiger partial charge in [0, 0.05) is 28.8 Å². The Morgan fingerprint density at radius 3 is 2.90 bits per heavy atom. The number of nitrogens with zero attached hydrogens (tertiary/aromatic N) is 7. The monoisotopic (exact) mass is 462 g/mol. The van der Waals surface area contributed by atoms with E-state index >= 15 is 0 Å². The molecular weight excluding hydrogens is 447 g/mol. The zero-order valence-corrected chi connectivity index (χ0v) is 17.7. The number of halogens is 2. The Morgan fingerprint density at radius 1 is 1.32 bits per heavy atom. The van der Waals surface area contributed by atoms with Gasteiger partial charge >= 0.3 is 5.69 Å². The lowest BCUT2D eigenvalue weighted by Crippen LogP contribution is -2.06. The third-order valence-corrected chi connectivity index (χ3v) is 5.84. The molecule has 13 heteroatoms. The second-order valence-corrected chi connectivity index (χ2v) is 8.16. The van der Waals surface area contributed by atoms with Crippen LogP contribution in [0.1, 0.15) is 23.4 Å². The third-order valence-electron chi connectivity index (χ3n) is 4.41. The van der Waals surface area contributed by atoms with E-state index in [9.17, 15) is 14.5 Å². The predicted octanol–water partition coefficient (Wildman–Crippen LogP) is 4.23. The first-order valence-corrected chi connectivity index (χ1v) is 10.3. The van der Waals surface area contributed by atoms with E-state index in [0.29, 0.717) is 28.1 Å². The highest BCUT2D eigenvalue weighted by atomic mass is 35.5. The van der Waals surface area contributed by atoms with Crippen molar-refractivity contribution in [1.82, 2.24) is 29.8 Å². The van der Waals surface area contributed by atoms with Crippen LogP contribution in [0, 0.1) is 15.9 Å². The number of hydrogen-bond acceptors (Lipinski definition) is 8. The molecule has 3 aromatic heterocycles. The topological polar surface area (TPSA) is 117 Å². The highest BCUT2D eigenvalue weighted by Gasteiger charge is 2.16. The summed E-state index contributed by atoms with van der Waals surface area (Å²) in [4.78, 5) is 10.3. The highest BCUT2D eigenvalue weighted by Crippen LogP contribution is 2.27.